The quantitative estimate of drug-likeness (QED) is 0.663. The molecule has 2 aromatic rings. The van der Waals surface area contributed by atoms with E-state index < -0.39 is 10.7 Å². The van der Waals surface area contributed by atoms with Crippen molar-refractivity contribution in [3.05, 3.63) is 70.0 Å². The summed E-state index contributed by atoms with van der Waals surface area (Å²) in [6.45, 7) is 2.51. The first kappa shape index (κ1) is 14.0. The minimum atomic E-state index is -0.536. The lowest BCUT2D eigenvalue weighted by Gasteiger charge is -2.14. The average molecular weight is 274 g/mol. The number of rotatable bonds is 5. The Bertz CT molecular complexity index is 602. The highest BCUT2D eigenvalue weighted by molar-refractivity contribution is 5.52. The summed E-state index contributed by atoms with van der Waals surface area (Å²) in [4.78, 5) is 10.1. The van der Waals surface area contributed by atoms with Crippen molar-refractivity contribution in [2.75, 3.05) is 11.9 Å². The van der Waals surface area contributed by atoms with Gasteiger partial charge in [0.05, 0.1) is 10.6 Å². The number of nitro groups is 1. The van der Waals surface area contributed by atoms with Gasteiger partial charge in [0, 0.05) is 18.7 Å². The van der Waals surface area contributed by atoms with Crippen LogP contribution in [0.3, 0.4) is 0 Å². The van der Waals surface area contributed by atoms with E-state index >= 15 is 0 Å². The lowest BCUT2D eigenvalue weighted by atomic mass is 10.0. The number of nitrogens with zero attached hydrogens (tertiary/aromatic N) is 1. The highest BCUT2D eigenvalue weighted by Gasteiger charge is 2.12. The molecule has 1 atom stereocenters. The van der Waals surface area contributed by atoms with Crippen LogP contribution in [0.5, 0.6) is 0 Å². The normalized spacial score (nSPS) is 11.9. The van der Waals surface area contributed by atoms with Crippen LogP contribution in [-0.2, 0) is 0 Å². The smallest absolute Gasteiger partial charge is 0.271 e. The SMILES string of the molecule is CC(CNc1cc([N+](=O)[O-])ccc1F)c1ccccc1. The summed E-state index contributed by atoms with van der Waals surface area (Å²) in [5, 5.41) is 13.6. The van der Waals surface area contributed by atoms with Gasteiger partial charge in [-0.3, -0.25) is 10.1 Å². The molecule has 4 nitrogen and oxygen atoms in total. The van der Waals surface area contributed by atoms with E-state index in [0.29, 0.717) is 6.54 Å². The van der Waals surface area contributed by atoms with Crippen molar-refractivity contribution in [1.29, 1.82) is 0 Å². The predicted octanol–water partition coefficient (Wildman–Crippen LogP) is 3.95. The second-order valence-corrected chi connectivity index (χ2v) is 4.61. The van der Waals surface area contributed by atoms with Crippen LogP contribution in [0.4, 0.5) is 15.8 Å². The largest absolute Gasteiger partial charge is 0.382 e. The van der Waals surface area contributed by atoms with Crippen LogP contribution in [0.2, 0.25) is 0 Å². The van der Waals surface area contributed by atoms with E-state index in [4.69, 9.17) is 0 Å². The van der Waals surface area contributed by atoms with Gasteiger partial charge in [-0.15, -0.1) is 0 Å². The molecule has 2 aromatic carbocycles. The van der Waals surface area contributed by atoms with Crippen molar-refractivity contribution in [1.82, 2.24) is 0 Å². The van der Waals surface area contributed by atoms with E-state index in [1.165, 1.54) is 6.07 Å². The Balaban J connectivity index is 2.07. The van der Waals surface area contributed by atoms with E-state index in [9.17, 15) is 14.5 Å². The molecule has 1 unspecified atom stereocenters. The molecule has 1 N–H and O–H groups in total. The number of non-ortho nitro benzene ring substituents is 1. The number of benzene rings is 2. The van der Waals surface area contributed by atoms with Crippen molar-refractivity contribution in [2.45, 2.75) is 12.8 Å². The summed E-state index contributed by atoms with van der Waals surface area (Å²) >= 11 is 0. The lowest BCUT2D eigenvalue weighted by Crippen LogP contribution is -2.11. The summed E-state index contributed by atoms with van der Waals surface area (Å²) < 4.78 is 13.6. The second-order valence-electron chi connectivity index (χ2n) is 4.61. The van der Waals surface area contributed by atoms with Gasteiger partial charge in [0.25, 0.3) is 5.69 Å². The van der Waals surface area contributed by atoms with Crippen LogP contribution in [0.25, 0.3) is 0 Å². The summed E-state index contributed by atoms with van der Waals surface area (Å²) in [5.74, 6) is -0.314. The number of nitro benzene ring substituents is 1. The van der Waals surface area contributed by atoms with Gasteiger partial charge in [-0.2, -0.15) is 0 Å². The summed E-state index contributed by atoms with van der Waals surface area (Å²) in [7, 11) is 0. The average Bonchev–Trinajstić information content (AvgIpc) is 2.46. The molecule has 0 amide bonds. The van der Waals surface area contributed by atoms with E-state index in [2.05, 4.69) is 5.32 Å². The summed E-state index contributed by atoms with van der Waals surface area (Å²) in [6.07, 6.45) is 0. The molecule has 0 saturated carbocycles. The molecule has 0 aromatic heterocycles. The number of nitrogens with one attached hydrogen (secondary N) is 1. The molecule has 20 heavy (non-hydrogen) atoms. The highest BCUT2D eigenvalue weighted by atomic mass is 19.1. The fourth-order valence-electron chi connectivity index (χ4n) is 1.92. The third kappa shape index (κ3) is 3.32. The van der Waals surface area contributed by atoms with Crippen LogP contribution >= 0.6 is 0 Å². The van der Waals surface area contributed by atoms with Gasteiger partial charge in [-0.05, 0) is 17.5 Å². The fourth-order valence-corrected chi connectivity index (χ4v) is 1.92. The molecule has 0 aliphatic heterocycles. The van der Waals surface area contributed by atoms with Crippen molar-refractivity contribution < 1.29 is 9.31 Å². The molecule has 0 heterocycles. The Hall–Kier alpha value is -2.43. The van der Waals surface area contributed by atoms with Gasteiger partial charge in [0.15, 0.2) is 0 Å². The predicted molar refractivity (Wildman–Crippen MR) is 76.4 cm³/mol. The molecule has 104 valence electrons. The minimum Gasteiger partial charge on any atom is -0.382 e. The minimum absolute atomic E-state index is 0.124. The highest BCUT2D eigenvalue weighted by Crippen LogP contribution is 2.22. The number of halogens is 1. The Morgan fingerprint density at radius 3 is 2.60 bits per heavy atom. The van der Waals surface area contributed by atoms with Crippen molar-refractivity contribution in [3.8, 4) is 0 Å². The summed E-state index contributed by atoms with van der Waals surface area (Å²) in [6, 6.07) is 13.3. The van der Waals surface area contributed by atoms with Gasteiger partial charge in [-0.25, -0.2) is 4.39 Å². The standard InChI is InChI=1S/C15H15FN2O2/c1-11(12-5-3-2-4-6-12)10-17-15-9-13(18(19)20)7-8-14(15)16/h2-9,11,17H,10H2,1H3. The van der Waals surface area contributed by atoms with E-state index in [0.717, 1.165) is 17.7 Å². The Labute approximate surface area is 116 Å². The number of anilines is 1. The van der Waals surface area contributed by atoms with Gasteiger partial charge in [0.2, 0.25) is 0 Å². The zero-order chi connectivity index (χ0) is 14.5. The maximum absolute atomic E-state index is 13.6. The molecule has 0 saturated heterocycles. The first-order valence-corrected chi connectivity index (χ1v) is 6.30. The van der Waals surface area contributed by atoms with Crippen molar-refractivity contribution in [2.24, 2.45) is 0 Å². The van der Waals surface area contributed by atoms with E-state index in [1.807, 2.05) is 37.3 Å². The van der Waals surface area contributed by atoms with Crippen LogP contribution in [0.1, 0.15) is 18.4 Å². The van der Waals surface area contributed by atoms with Gasteiger partial charge >= 0.3 is 0 Å². The molecule has 5 heteroatoms. The van der Waals surface area contributed by atoms with Crippen molar-refractivity contribution in [3.63, 3.8) is 0 Å². The first-order valence-electron chi connectivity index (χ1n) is 6.30. The fraction of sp³-hybridized carbons (Fsp3) is 0.200. The maximum Gasteiger partial charge on any atom is 0.271 e. The van der Waals surface area contributed by atoms with Crippen LogP contribution in [0.15, 0.2) is 48.5 Å². The third-order valence-electron chi connectivity index (χ3n) is 3.13. The molecular formula is C15H15FN2O2. The monoisotopic (exact) mass is 274 g/mol. The van der Waals surface area contributed by atoms with Crippen LogP contribution < -0.4 is 5.32 Å². The second kappa shape index (κ2) is 6.14. The number of hydrogen-bond acceptors (Lipinski definition) is 3. The van der Waals surface area contributed by atoms with E-state index in [1.54, 1.807) is 0 Å². The molecule has 0 spiro atoms. The summed E-state index contributed by atoms with van der Waals surface area (Å²) in [5.41, 5.74) is 1.16. The third-order valence-corrected chi connectivity index (χ3v) is 3.13. The van der Waals surface area contributed by atoms with Gasteiger partial charge in [-0.1, -0.05) is 37.3 Å². The molecule has 0 fully saturated rings. The molecule has 0 bridgehead atoms. The van der Waals surface area contributed by atoms with Crippen LogP contribution in [0, 0.1) is 15.9 Å². The van der Waals surface area contributed by atoms with Crippen LogP contribution in [-0.4, -0.2) is 11.5 Å². The Kier molecular flexibility index (Phi) is 4.30. The maximum atomic E-state index is 13.6. The number of hydrogen-bond donors (Lipinski definition) is 1. The molecule has 0 aliphatic carbocycles. The van der Waals surface area contributed by atoms with Gasteiger partial charge < -0.3 is 5.32 Å². The zero-order valence-corrected chi connectivity index (χ0v) is 11.0. The molecule has 0 radical (unpaired) electrons. The Morgan fingerprint density at radius 2 is 1.95 bits per heavy atom. The van der Waals surface area contributed by atoms with Gasteiger partial charge in [0.1, 0.15) is 5.82 Å². The molecule has 2 rings (SSSR count). The Morgan fingerprint density at radius 1 is 1.25 bits per heavy atom. The lowest BCUT2D eigenvalue weighted by molar-refractivity contribution is -0.384. The first-order chi connectivity index (χ1) is 9.58. The van der Waals surface area contributed by atoms with E-state index in [-0.39, 0.29) is 17.3 Å². The molecule has 0 aliphatic rings. The van der Waals surface area contributed by atoms with Crippen molar-refractivity contribution >= 4 is 11.4 Å². The zero-order valence-electron chi connectivity index (χ0n) is 11.0. The topological polar surface area (TPSA) is 55.2 Å². The molecular weight excluding hydrogens is 259 g/mol.